The van der Waals surface area contributed by atoms with Crippen LogP contribution in [0.1, 0.15) is 38.2 Å². The summed E-state index contributed by atoms with van der Waals surface area (Å²) in [6.07, 6.45) is 6.27. The van der Waals surface area contributed by atoms with E-state index in [1.165, 1.54) is 6.42 Å². The fourth-order valence-electron chi connectivity index (χ4n) is 4.32. The number of hydrogen-bond acceptors (Lipinski definition) is 5. The highest BCUT2D eigenvalue weighted by Gasteiger charge is 2.44. The third-order valence-corrected chi connectivity index (χ3v) is 5.63. The van der Waals surface area contributed by atoms with Crippen LogP contribution in [0.2, 0.25) is 0 Å². The molecule has 0 aromatic heterocycles. The van der Waals surface area contributed by atoms with Gasteiger partial charge in [-0.2, -0.15) is 0 Å². The van der Waals surface area contributed by atoms with E-state index in [1.54, 1.807) is 24.0 Å². The van der Waals surface area contributed by atoms with E-state index in [2.05, 4.69) is 5.32 Å². The molecule has 1 aromatic carbocycles. The largest absolute Gasteiger partial charge is 0.508 e. The summed E-state index contributed by atoms with van der Waals surface area (Å²) < 4.78 is 5.50. The molecule has 1 aromatic rings. The highest BCUT2D eigenvalue weighted by atomic mass is 16.6. The fraction of sp³-hybridized carbons (Fsp3) is 0.600. The molecule has 0 heterocycles. The number of fused-ring (bicyclic) bond motifs is 2. The number of carbonyl (C=O) groups is 1. The van der Waals surface area contributed by atoms with E-state index in [0.717, 1.165) is 31.2 Å². The summed E-state index contributed by atoms with van der Waals surface area (Å²) in [6.45, 7) is 2.42. The van der Waals surface area contributed by atoms with Crippen LogP contribution in [0.3, 0.4) is 0 Å². The Morgan fingerprint density at radius 2 is 2.12 bits per heavy atom. The van der Waals surface area contributed by atoms with E-state index in [0.29, 0.717) is 18.4 Å². The third-order valence-electron chi connectivity index (χ3n) is 5.63. The van der Waals surface area contributed by atoms with Gasteiger partial charge in [0, 0.05) is 12.6 Å². The lowest BCUT2D eigenvalue weighted by atomic mass is 9.94. The van der Waals surface area contributed by atoms with Crippen LogP contribution in [0.15, 0.2) is 24.3 Å². The number of benzene rings is 1. The summed E-state index contributed by atoms with van der Waals surface area (Å²) in [5.74, 6) is 1.43. The molecule has 2 bridgehead atoms. The van der Waals surface area contributed by atoms with Crippen molar-refractivity contribution in [2.24, 2.45) is 11.8 Å². The molecule has 4 unspecified atom stereocenters. The van der Waals surface area contributed by atoms with Crippen molar-refractivity contribution >= 4 is 12.4 Å². The molecule has 0 aliphatic heterocycles. The summed E-state index contributed by atoms with van der Waals surface area (Å²) >= 11 is 0. The Morgan fingerprint density at radius 1 is 1.35 bits per heavy atom. The monoisotopic (exact) mass is 359 g/mol. The van der Waals surface area contributed by atoms with E-state index in [4.69, 9.17) is 4.74 Å². The van der Waals surface area contributed by atoms with Gasteiger partial charge in [0.2, 0.25) is 6.29 Å². The molecule has 6 nitrogen and oxygen atoms in total. The third kappa shape index (κ3) is 4.55. The maximum absolute atomic E-state index is 12.5. The second-order valence-corrected chi connectivity index (χ2v) is 7.41. The summed E-state index contributed by atoms with van der Waals surface area (Å²) in [6, 6.07) is 7.16. The van der Waals surface area contributed by atoms with Crippen molar-refractivity contribution in [3.63, 3.8) is 0 Å². The highest BCUT2D eigenvalue weighted by molar-refractivity contribution is 5.72. The molecule has 0 saturated heterocycles. The standard InChI is InChI=1S/C20H27N2O4/c1-14(21-9-8-15-3-6-18(24)7-4-15)26-20(25)22(10-11-23)19-13-16-2-5-17(19)12-16/h3-4,6-7,14,16-17,19,21,24H,2,5,8-10,12-13H2,1H3. The van der Waals surface area contributed by atoms with Crippen LogP contribution in [0.4, 0.5) is 4.79 Å². The van der Waals surface area contributed by atoms with Crippen molar-refractivity contribution in [1.82, 2.24) is 10.2 Å². The Hall–Kier alpha value is -2.08. The molecule has 2 fully saturated rings. The molecule has 1 radical (unpaired) electrons. The SMILES string of the molecule is CC(NCCc1ccc(O)cc1)OC(=O)N(C[C]=O)C1CC2CCC1C2. The Bertz CT molecular complexity index is 619. The van der Waals surface area contributed by atoms with Gasteiger partial charge in [-0.05, 0) is 62.1 Å². The Kier molecular flexibility index (Phi) is 6.14. The van der Waals surface area contributed by atoms with Crippen LogP contribution in [0.25, 0.3) is 0 Å². The molecule has 141 valence electrons. The quantitative estimate of drug-likeness (QED) is 0.698. The molecule has 26 heavy (non-hydrogen) atoms. The van der Waals surface area contributed by atoms with Crippen molar-refractivity contribution in [2.45, 2.75) is 51.3 Å². The minimum atomic E-state index is -0.438. The normalized spacial score (nSPS) is 25.0. The van der Waals surface area contributed by atoms with Crippen LogP contribution in [-0.4, -0.2) is 47.7 Å². The van der Waals surface area contributed by atoms with Crippen LogP contribution in [-0.2, 0) is 16.0 Å². The molecule has 0 spiro atoms. The summed E-state index contributed by atoms with van der Waals surface area (Å²) in [7, 11) is 0. The average molecular weight is 359 g/mol. The number of ether oxygens (including phenoxy) is 1. The van der Waals surface area contributed by atoms with Gasteiger partial charge in [-0.1, -0.05) is 18.6 Å². The zero-order valence-corrected chi connectivity index (χ0v) is 15.2. The molecule has 2 saturated carbocycles. The first-order chi connectivity index (χ1) is 12.6. The minimum Gasteiger partial charge on any atom is -0.508 e. The van der Waals surface area contributed by atoms with Crippen molar-refractivity contribution in [2.75, 3.05) is 13.1 Å². The van der Waals surface area contributed by atoms with Gasteiger partial charge in [-0.15, -0.1) is 0 Å². The maximum Gasteiger partial charge on any atom is 0.412 e. The minimum absolute atomic E-state index is 0.0209. The molecular formula is C20H27N2O4. The van der Waals surface area contributed by atoms with Crippen molar-refractivity contribution in [1.29, 1.82) is 0 Å². The van der Waals surface area contributed by atoms with Gasteiger partial charge in [0.15, 0.2) is 6.23 Å². The summed E-state index contributed by atoms with van der Waals surface area (Å²) in [5.41, 5.74) is 1.09. The number of carbonyl (C=O) groups excluding carboxylic acids is 2. The van der Waals surface area contributed by atoms with Gasteiger partial charge in [0.1, 0.15) is 5.75 Å². The number of phenols is 1. The maximum atomic E-state index is 12.5. The van der Waals surface area contributed by atoms with Crippen LogP contribution in [0, 0.1) is 11.8 Å². The smallest absolute Gasteiger partial charge is 0.412 e. The van der Waals surface area contributed by atoms with Crippen LogP contribution >= 0.6 is 0 Å². The second kappa shape index (κ2) is 8.54. The van der Waals surface area contributed by atoms with E-state index < -0.39 is 12.3 Å². The van der Waals surface area contributed by atoms with Gasteiger partial charge in [-0.25, -0.2) is 4.79 Å². The summed E-state index contributed by atoms with van der Waals surface area (Å²) in [4.78, 5) is 25.0. The lowest BCUT2D eigenvalue weighted by molar-refractivity contribution is 0.0414. The van der Waals surface area contributed by atoms with Crippen LogP contribution in [0.5, 0.6) is 5.75 Å². The van der Waals surface area contributed by atoms with Gasteiger partial charge < -0.3 is 9.84 Å². The van der Waals surface area contributed by atoms with E-state index >= 15 is 0 Å². The second-order valence-electron chi connectivity index (χ2n) is 7.41. The predicted molar refractivity (Wildman–Crippen MR) is 97.4 cm³/mol. The fourth-order valence-corrected chi connectivity index (χ4v) is 4.32. The first-order valence-corrected chi connectivity index (χ1v) is 9.40. The first-order valence-electron chi connectivity index (χ1n) is 9.40. The van der Waals surface area contributed by atoms with E-state index in [9.17, 15) is 14.7 Å². The number of amides is 1. The number of aromatic hydroxyl groups is 1. The van der Waals surface area contributed by atoms with Crippen LogP contribution < -0.4 is 5.32 Å². The highest BCUT2D eigenvalue weighted by Crippen LogP contribution is 2.46. The van der Waals surface area contributed by atoms with E-state index in [1.807, 2.05) is 18.4 Å². The molecule has 3 rings (SSSR count). The number of nitrogens with one attached hydrogen (secondary N) is 1. The Labute approximate surface area is 154 Å². The number of nitrogens with zero attached hydrogens (tertiary/aromatic N) is 1. The predicted octanol–water partition coefficient (Wildman–Crippen LogP) is 2.61. The number of phenolic OH excluding ortho intramolecular Hbond substituents is 1. The van der Waals surface area contributed by atoms with Gasteiger partial charge in [0.05, 0.1) is 6.54 Å². The zero-order chi connectivity index (χ0) is 18.5. The lowest BCUT2D eigenvalue weighted by Gasteiger charge is -2.33. The Balaban J connectivity index is 1.45. The van der Waals surface area contributed by atoms with Gasteiger partial charge in [0.25, 0.3) is 0 Å². The average Bonchev–Trinajstić information content (AvgIpc) is 3.24. The zero-order valence-electron chi connectivity index (χ0n) is 15.2. The lowest BCUT2D eigenvalue weighted by Crippen LogP contribution is -2.47. The van der Waals surface area contributed by atoms with E-state index in [-0.39, 0.29) is 18.3 Å². The van der Waals surface area contributed by atoms with Gasteiger partial charge in [-0.3, -0.25) is 15.0 Å². The van der Waals surface area contributed by atoms with Gasteiger partial charge >= 0.3 is 6.09 Å². The molecule has 2 aliphatic rings. The Morgan fingerprint density at radius 3 is 2.73 bits per heavy atom. The molecule has 1 amide bonds. The first kappa shape index (κ1) is 18.7. The molecule has 4 atom stereocenters. The molecule has 2 aliphatic carbocycles. The molecular weight excluding hydrogens is 332 g/mol. The van der Waals surface area contributed by atoms with Crippen molar-refractivity contribution in [3.8, 4) is 5.75 Å². The summed E-state index contributed by atoms with van der Waals surface area (Å²) in [5, 5.41) is 12.5. The molecule has 2 N–H and O–H groups in total. The van der Waals surface area contributed by atoms with Crippen molar-refractivity contribution in [3.05, 3.63) is 29.8 Å². The van der Waals surface area contributed by atoms with Crippen molar-refractivity contribution < 1.29 is 19.4 Å². The number of rotatable bonds is 8. The molecule has 6 heteroatoms. The number of hydrogen-bond donors (Lipinski definition) is 2. The topological polar surface area (TPSA) is 78.9 Å².